The number of aryl methyl sites for hydroxylation is 1. The molecule has 25 heavy (non-hydrogen) atoms. The third-order valence-corrected chi connectivity index (χ3v) is 4.33. The highest BCUT2D eigenvalue weighted by Gasteiger charge is 2.23. The van der Waals surface area contributed by atoms with Gasteiger partial charge in [-0.05, 0) is 37.1 Å². The highest BCUT2D eigenvalue weighted by atomic mass is 16.5. The molecule has 6 nitrogen and oxygen atoms in total. The molecule has 0 saturated carbocycles. The van der Waals surface area contributed by atoms with Crippen LogP contribution in [0.25, 0.3) is 0 Å². The normalized spacial score (nSPS) is 14.9. The third kappa shape index (κ3) is 4.41. The van der Waals surface area contributed by atoms with Crippen LogP contribution in [0.15, 0.2) is 42.7 Å². The number of benzene rings is 1. The number of hydrogen-bond acceptors (Lipinski definition) is 3. The molecule has 0 aliphatic carbocycles. The van der Waals surface area contributed by atoms with E-state index in [-0.39, 0.29) is 18.4 Å². The summed E-state index contributed by atoms with van der Waals surface area (Å²) in [6, 6.07) is 9.42. The van der Waals surface area contributed by atoms with E-state index in [1.807, 2.05) is 31.2 Å². The van der Waals surface area contributed by atoms with E-state index in [2.05, 4.69) is 4.98 Å². The molecule has 1 aliphatic rings. The van der Waals surface area contributed by atoms with Crippen LogP contribution in [0.1, 0.15) is 22.3 Å². The summed E-state index contributed by atoms with van der Waals surface area (Å²) in [7, 11) is 0. The molecular weight excluding hydrogens is 318 g/mol. The lowest BCUT2D eigenvalue weighted by molar-refractivity contribution is -0.133. The van der Waals surface area contributed by atoms with Crippen LogP contribution in [0, 0.1) is 6.92 Å². The Morgan fingerprint density at radius 1 is 1.12 bits per heavy atom. The molecule has 0 unspecified atom stereocenters. The monoisotopic (exact) mass is 341 g/mol. The van der Waals surface area contributed by atoms with Gasteiger partial charge in [-0.25, -0.2) is 0 Å². The van der Waals surface area contributed by atoms with Crippen molar-refractivity contribution in [1.82, 2.24) is 14.8 Å². The Hall–Kier alpha value is -2.76. The molecule has 0 spiro atoms. The molecule has 3 rings (SSSR count). The van der Waals surface area contributed by atoms with Gasteiger partial charge in [0.1, 0.15) is 5.75 Å². The second-order valence-corrected chi connectivity index (χ2v) is 6.23. The molecule has 1 N–H and O–H groups in total. The van der Waals surface area contributed by atoms with Crippen LogP contribution in [0.4, 0.5) is 0 Å². The van der Waals surface area contributed by atoms with Crippen LogP contribution < -0.4 is 4.74 Å². The fourth-order valence-corrected chi connectivity index (χ4v) is 2.95. The van der Waals surface area contributed by atoms with Crippen molar-refractivity contribution >= 4 is 11.8 Å². The quantitative estimate of drug-likeness (QED) is 0.926. The molecule has 1 saturated heterocycles. The molecule has 2 heterocycles. The second-order valence-electron chi connectivity index (χ2n) is 6.23. The van der Waals surface area contributed by atoms with Crippen molar-refractivity contribution < 1.29 is 14.3 Å². The molecular formula is C19H23N3O3. The molecule has 0 atom stereocenters. The van der Waals surface area contributed by atoms with Crippen LogP contribution in [0.5, 0.6) is 5.75 Å². The van der Waals surface area contributed by atoms with Gasteiger partial charge in [-0.15, -0.1) is 0 Å². The predicted octanol–water partition coefficient (Wildman–Crippen LogP) is 2.08. The average molecular weight is 341 g/mol. The summed E-state index contributed by atoms with van der Waals surface area (Å²) < 4.78 is 5.60. The number of amides is 2. The molecule has 1 aromatic carbocycles. The van der Waals surface area contributed by atoms with Gasteiger partial charge in [0, 0.05) is 38.6 Å². The largest absolute Gasteiger partial charge is 0.484 e. The first-order chi connectivity index (χ1) is 12.1. The van der Waals surface area contributed by atoms with Gasteiger partial charge < -0.3 is 19.5 Å². The maximum absolute atomic E-state index is 12.4. The van der Waals surface area contributed by atoms with E-state index in [4.69, 9.17) is 4.74 Å². The van der Waals surface area contributed by atoms with Crippen LogP contribution in [-0.2, 0) is 4.79 Å². The number of carbonyl (C=O) groups excluding carboxylic acids is 2. The van der Waals surface area contributed by atoms with E-state index in [0.717, 1.165) is 12.0 Å². The summed E-state index contributed by atoms with van der Waals surface area (Å²) in [5.41, 5.74) is 1.75. The number of H-pyrrole nitrogens is 1. The maximum atomic E-state index is 12.4. The minimum atomic E-state index is -0.0440. The smallest absolute Gasteiger partial charge is 0.260 e. The zero-order valence-corrected chi connectivity index (χ0v) is 14.4. The zero-order chi connectivity index (χ0) is 17.6. The number of ether oxygens (including phenoxy) is 1. The van der Waals surface area contributed by atoms with Gasteiger partial charge in [0.05, 0.1) is 5.56 Å². The lowest BCUT2D eigenvalue weighted by Crippen LogP contribution is -2.39. The third-order valence-electron chi connectivity index (χ3n) is 4.33. The topological polar surface area (TPSA) is 65.6 Å². The number of nitrogens with one attached hydrogen (secondary N) is 1. The zero-order valence-electron chi connectivity index (χ0n) is 14.4. The first-order valence-corrected chi connectivity index (χ1v) is 8.53. The minimum absolute atomic E-state index is 0.00607. The lowest BCUT2D eigenvalue weighted by Gasteiger charge is -2.22. The van der Waals surface area contributed by atoms with Gasteiger partial charge in [-0.1, -0.05) is 12.1 Å². The van der Waals surface area contributed by atoms with Crippen molar-refractivity contribution in [2.75, 3.05) is 32.8 Å². The summed E-state index contributed by atoms with van der Waals surface area (Å²) >= 11 is 0. The van der Waals surface area contributed by atoms with Gasteiger partial charge in [-0.2, -0.15) is 0 Å². The standard InChI is InChI=1S/C19H23N3O3/c1-15-4-2-5-17(12-15)25-14-18(23)21-8-3-9-22(11-10-21)19(24)16-6-7-20-13-16/h2,4-7,12-13,20H,3,8-11,14H2,1H3. The van der Waals surface area contributed by atoms with E-state index in [9.17, 15) is 9.59 Å². The number of rotatable bonds is 4. The highest BCUT2D eigenvalue weighted by Crippen LogP contribution is 2.13. The number of nitrogens with zero attached hydrogens (tertiary/aromatic N) is 2. The van der Waals surface area contributed by atoms with Crippen molar-refractivity contribution in [2.24, 2.45) is 0 Å². The van der Waals surface area contributed by atoms with Crippen molar-refractivity contribution in [1.29, 1.82) is 0 Å². The SMILES string of the molecule is Cc1cccc(OCC(=O)N2CCCN(C(=O)c3cc[nH]c3)CC2)c1. The van der Waals surface area contributed by atoms with E-state index < -0.39 is 0 Å². The van der Waals surface area contributed by atoms with Crippen LogP contribution in [0.2, 0.25) is 0 Å². The minimum Gasteiger partial charge on any atom is -0.484 e. The van der Waals surface area contributed by atoms with Crippen molar-refractivity contribution in [3.63, 3.8) is 0 Å². The summed E-state index contributed by atoms with van der Waals surface area (Å²) in [4.78, 5) is 31.3. The lowest BCUT2D eigenvalue weighted by atomic mass is 10.2. The van der Waals surface area contributed by atoms with Crippen LogP contribution in [-0.4, -0.2) is 59.4 Å². The maximum Gasteiger partial charge on any atom is 0.260 e. The Labute approximate surface area is 147 Å². The van der Waals surface area contributed by atoms with Gasteiger partial charge in [-0.3, -0.25) is 9.59 Å². The van der Waals surface area contributed by atoms with Crippen molar-refractivity contribution in [3.05, 3.63) is 53.9 Å². The van der Waals surface area contributed by atoms with Crippen LogP contribution in [0.3, 0.4) is 0 Å². The molecule has 0 bridgehead atoms. The number of carbonyl (C=O) groups is 2. The van der Waals surface area contributed by atoms with E-state index in [1.165, 1.54) is 0 Å². The molecule has 2 aromatic rings. The molecule has 1 aromatic heterocycles. The Morgan fingerprint density at radius 3 is 2.68 bits per heavy atom. The molecule has 1 aliphatic heterocycles. The van der Waals surface area contributed by atoms with Gasteiger partial charge in [0.2, 0.25) is 0 Å². The summed E-state index contributed by atoms with van der Waals surface area (Å²) in [6.07, 6.45) is 4.21. The summed E-state index contributed by atoms with van der Waals surface area (Å²) in [5, 5.41) is 0. The van der Waals surface area contributed by atoms with Crippen molar-refractivity contribution in [2.45, 2.75) is 13.3 Å². The van der Waals surface area contributed by atoms with Gasteiger partial charge in [0.15, 0.2) is 6.61 Å². The predicted molar refractivity (Wildman–Crippen MR) is 94.6 cm³/mol. The fraction of sp³-hybridized carbons (Fsp3) is 0.368. The van der Waals surface area contributed by atoms with Crippen LogP contribution >= 0.6 is 0 Å². The van der Waals surface area contributed by atoms with Crippen molar-refractivity contribution in [3.8, 4) is 5.75 Å². The van der Waals surface area contributed by atoms with Gasteiger partial charge >= 0.3 is 0 Å². The molecule has 132 valence electrons. The molecule has 6 heteroatoms. The summed E-state index contributed by atoms with van der Waals surface area (Å²) in [6.45, 7) is 4.39. The Morgan fingerprint density at radius 2 is 1.92 bits per heavy atom. The second kappa shape index (κ2) is 7.88. The first-order valence-electron chi connectivity index (χ1n) is 8.53. The Balaban J connectivity index is 1.52. The van der Waals surface area contributed by atoms with E-state index in [1.54, 1.807) is 28.3 Å². The first kappa shape index (κ1) is 17.1. The van der Waals surface area contributed by atoms with E-state index >= 15 is 0 Å². The van der Waals surface area contributed by atoms with E-state index in [0.29, 0.717) is 37.5 Å². The highest BCUT2D eigenvalue weighted by molar-refractivity contribution is 5.94. The number of hydrogen-bond donors (Lipinski definition) is 1. The Kier molecular flexibility index (Phi) is 5.38. The van der Waals surface area contributed by atoms with Gasteiger partial charge in [0.25, 0.3) is 11.8 Å². The average Bonchev–Trinajstić information content (AvgIpc) is 3.03. The fourth-order valence-electron chi connectivity index (χ4n) is 2.95. The molecule has 2 amide bonds. The number of aromatic nitrogens is 1. The Bertz CT molecular complexity index is 727. The number of aromatic amines is 1. The molecule has 1 fully saturated rings. The molecule has 0 radical (unpaired) electrons. The summed E-state index contributed by atoms with van der Waals surface area (Å²) in [5.74, 6) is 0.663.